The van der Waals surface area contributed by atoms with Gasteiger partial charge >= 0.3 is 0 Å². The molecular weight excluding hydrogens is 284 g/mol. The fourth-order valence-corrected chi connectivity index (χ4v) is 2.08. The van der Waals surface area contributed by atoms with E-state index in [1.54, 1.807) is 13.3 Å². The molecule has 0 saturated heterocycles. The summed E-state index contributed by atoms with van der Waals surface area (Å²) < 4.78 is 8.15. The zero-order valence-corrected chi connectivity index (χ0v) is 11.3. The zero-order valence-electron chi connectivity index (χ0n) is 9.69. The number of hydrogen-bond acceptors (Lipinski definition) is 4. The smallest absolute Gasteiger partial charge is 0.160 e. The second kappa shape index (κ2) is 5.57. The van der Waals surface area contributed by atoms with Gasteiger partial charge in [0.05, 0.1) is 0 Å². The van der Waals surface area contributed by atoms with Crippen molar-refractivity contribution in [3.63, 3.8) is 0 Å². The maximum absolute atomic E-state index is 5.54. The van der Waals surface area contributed by atoms with Crippen LogP contribution in [0.25, 0.3) is 11.2 Å². The number of pyridine rings is 1. The maximum Gasteiger partial charge on any atom is 0.160 e. The third-order valence-electron chi connectivity index (χ3n) is 2.49. The van der Waals surface area contributed by atoms with Crippen LogP contribution >= 0.6 is 15.9 Å². The summed E-state index contributed by atoms with van der Waals surface area (Å²) in [5, 5.41) is 0. The quantitative estimate of drug-likeness (QED) is 0.912. The average molecular weight is 299 g/mol. The lowest BCUT2D eigenvalue weighted by atomic mass is 10.4. The molecule has 0 saturated carbocycles. The number of methoxy groups -OCH3 is 1. The number of halogens is 1. The van der Waals surface area contributed by atoms with Crippen LogP contribution in [0.3, 0.4) is 0 Å². The van der Waals surface area contributed by atoms with Gasteiger partial charge in [-0.1, -0.05) is 0 Å². The van der Waals surface area contributed by atoms with Gasteiger partial charge in [-0.2, -0.15) is 0 Å². The second-order valence-corrected chi connectivity index (χ2v) is 4.67. The topological polar surface area (TPSA) is 66.0 Å². The first-order chi connectivity index (χ1) is 8.26. The largest absolute Gasteiger partial charge is 0.377 e. The predicted octanol–water partition coefficient (Wildman–Crippen LogP) is 1.69. The summed E-state index contributed by atoms with van der Waals surface area (Å²) >= 11 is 3.39. The molecule has 6 heteroatoms. The summed E-state index contributed by atoms with van der Waals surface area (Å²) in [6, 6.07) is 1.96. The van der Waals surface area contributed by atoms with Gasteiger partial charge in [-0.05, 0) is 35.0 Å². The highest BCUT2D eigenvalue weighted by Crippen LogP contribution is 2.19. The molecule has 2 rings (SSSR count). The molecule has 0 aliphatic heterocycles. The van der Waals surface area contributed by atoms with Crippen LogP contribution in [0.4, 0.5) is 0 Å². The van der Waals surface area contributed by atoms with E-state index >= 15 is 0 Å². The van der Waals surface area contributed by atoms with E-state index in [1.807, 2.05) is 6.07 Å². The number of ether oxygens (including phenoxy) is 1. The summed E-state index contributed by atoms with van der Waals surface area (Å²) in [5.41, 5.74) is 7.31. The molecule has 0 atom stereocenters. The Hall–Kier alpha value is -0.980. The minimum absolute atomic E-state index is 0.485. The van der Waals surface area contributed by atoms with Gasteiger partial charge in [0.2, 0.25) is 0 Å². The Morgan fingerprint density at radius 2 is 2.35 bits per heavy atom. The second-order valence-electron chi connectivity index (χ2n) is 3.75. The van der Waals surface area contributed by atoms with Gasteiger partial charge in [0.1, 0.15) is 17.9 Å². The number of imidazole rings is 1. The monoisotopic (exact) mass is 298 g/mol. The molecule has 0 amide bonds. The van der Waals surface area contributed by atoms with E-state index in [1.165, 1.54) is 0 Å². The third kappa shape index (κ3) is 2.65. The van der Waals surface area contributed by atoms with Gasteiger partial charge < -0.3 is 15.0 Å². The molecular formula is C11H15BrN4O. The summed E-state index contributed by atoms with van der Waals surface area (Å²) in [5.74, 6) is 0.890. The molecule has 0 fully saturated rings. The Morgan fingerprint density at radius 3 is 3.06 bits per heavy atom. The van der Waals surface area contributed by atoms with Crippen LogP contribution in [0.5, 0.6) is 0 Å². The van der Waals surface area contributed by atoms with E-state index in [0.29, 0.717) is 13.2 Å². The zero-order chi connectivity index (χ0) is 12.3. The standard InChI is InChI=1S/C11H15BrN4O/c1-17-7-10-15-9-5-8(12)6-14-11(9)16(10)4-2-3-13/h5-6H,2-4,7,13H2,1H3. The lowest BCUT2D eigenvalue weighted by Crippen LogP contribution is -2.09. The highest BCUT2D eigenvalue weighted by molar-refractivity contribution is 9.10. The van der Waals surface area contributed by atoms with Gasteiger partial charge in [0.25, 0.3) is 0 Å². The Morgan fingerprint density at radius 1 is 1.53 bits per heavy atom. The number of rotatable bonds is 5. The number of aromatic nitrogens is 3. The molecule has 2 N–H and O–H groups in total. The van der Waals surface area contributed by atoms with Crippen LogP contribution in [0, 0.1) is 0 Å². The van der Waals surface area contributed by atoms with Crippen molar-refractivity contribution in [2.24, 2.45) is 5.73 Å². The molecule has 0 aliphatic rings. The van der Waals surface area contributed by atoms with Crippen molar-refractivity contribution in [1.82, 2.24) is 14.5 Å². The number of nitrogens with zero attached hydrogens (tertiary/aromatic N) is 3. The van der Waals surface area contributed by atoms with Gasteiger partial charge in [-0.25, -0.2) is 9.97 Å². The molecule has 0 spiro atoms. The highest BCUT2D eigenvalue weighted by Gasteiger charge is 2.11. The van der Waals surface area contributed by atoms with Gasteiger partial charge in [-0.3, -0.25) is 0 Å². The van der Waals surface area contributed by atoms with E-state index in [9.17, 15) is 0 Å². The van der Waals surface area contributed by atoms with Crippen molar-refractivity contribution in [2.45, 2.75) is 19.6 Å². The molecule has 92 valence electrons. The average Bonchev–Trinajstić information content (AvgIpc) is 2.63. The lowest BCUT2D eigenvalue weighted by Gasteiger charge is -2.06. The van der Waals surface area contributed by atoms with Crippen molar-refractivity contribution in [3.05, 3.63) is 22.6 Å². The van der Waals surface area contributed by atoms with Gasteiger partial charge in [0, 0.05) is 24.3 Å². The summed E-state index contributed by atoms with van der Waals surface area (Å²) in [6.45, 7) is 1.96. The fraction of sp³-hybridized carbons (Fsp3) is 0.455. The maximum atomic E-state index is 5.54. The Labute approximate surface area is 108 Å². The van der Waals surface area contributed by atoms with Crippen molar-refractivity contribution in [1.29, 1.82) is 0 Å². The van der Waals surface area contributed by atoms with Crippen LogP contribution in [0.1, 0.15) is 12.2 Å². The van der Waals surface area contributed by atoms with Crippen molar-refractivity contribution < 1.29 is 4.74 Å². The highest BCUT2D eigenvalue weighted by atomic mass is 79.9. The van der Waals surface area contributed by atoms with Gasteiger partial charge in [0.15, 0.2) is 5.65 Å². The number of hydrogen-bond donors (Lipinski definition) is 1. The SMILES string of the molecule is COCc1nc2cc(Br)cnc2n1CCCN. The Kier molecular flexibility index (Phi) is 4.09. The van der Waals surface area contributed by atoms with E-state index in [0.717, 1.165) is 34.4 Å². The predicted molar refractivity (Wildman–Crippen MR) is 69.6 cm³/mol. The summed E-state index contributed by atoms with van der Waals surface area (Å²) in [7, 11) is 1.66. The number of nitrogens with two attached hydrogens (primary N) is 1. The molecule has 0 radical (unpaired) electrons. The minimum Gasteiger partial charge on any atom is -0.377 e. The number of aryl methyl sites for hydroxylation is 1. The lowest BCUT2D eigenvalue weighted by molar-refractivity contribution is 0.174. The van der Waals surface area contributed by atoms with Crippen LogP contribution in [0.2, 0.25) is 0 Å². The van der Waals surface area contributed by atoms with E-state index in [2.05, 4.69) is 30.5 Å². The van der Waals surface area contributed by atoms with Crippen LogP contribution in [-0.2, 0) is 17.9 Å². The summed E-state index contributed by atoms with van der Waals surface area (Å²) in [4.78, 5) is 8.91. The van der Waals surface area contributed by atoms with E-state index in [-0.39, 0.29) is 0 Å². The Balaban J connectivity index is 2.46. The molecule has 17 heavy (non-hydrogen) atoms. The molecule has 2 heterocycles. The molecule has 2 aromatic heterocycles. The number of fused-ring (bicyclic) bond motifs is 1. The van der Waals surface area contributed by atoms with Crippen LogP contribution in [-0.4, -0.2) is 28.2 Å². The Bertz CT molecular complexity index is 511. The van der Waals surface area contributed by atoms with Crippen molar-refractivity contribution in [2.75, 3.05) is 13.7 Å². The van der Waals surface area contributed by atoms with Crippen molar-refractivity contribution in [3.8, 4) is 0 Å². The van der Waals surface area contributed by atoms with Crippen LogP contribution in [0.15, 0.2) is 16.7 Å². The molecule has 0 aliphatic carbocycles. The van der Waals surface area contributed by atoms with Crippen molar-refractivity contribution >= 4 is 27.1 Å². The first-order valence-electron chi connectivity index (χ1n) is 5.46. The molecule has 0 bridgehead atoms. The molecule has 2 aromatic rings. The minimum atomic E-state index is 0.485. The van der Waals surface area contributed by atoms with E-state index < -0.39 is 0 Å². The fourth-order valence-electron chi connectivity index (χ4n) is 1.76. The normalized spacial score (nSPS) is 11.2. The van der Waals surface area contributed by atoms with Gasteiger partial charge in [-0.15, -0.1) is 0 Å². The first-order valence-corrected chi connectivity index (χ1v) is 6.25. The third-order valence-corrected chi connectivity index (χ3v) is 2.92. The van der Waals surface area contributed by atoms with E-state index in [4.69, 9.17) is 10.5 Å². The van der Waals surface area contributed by atoms with Crippen LogP contribution < -0.4 is 5.73 Å². The first kappa shape index (κ1) is 12.5. The molecule has 0 unspecified atom stereocenters. The molecule has 0 aromatic carbocycles. The molecule has 5 nitrogen and oxygen atoms in total. The summed E-state index contributed by atoms with van der Waals surface area (Å²) in [6.07, 6.45) is 2.68.